The summed E-state index contributed by atoms with van der Waals surface area (Å²) in [5.74, 6) is 2.26. The SMILES string of the molecule is COCC1CN(C(C)=O)CC12CCN(Cc1cc(OC)cc(OC)c1)CC2. The molecule has 0 radical (unpaired) electrons. The molecule has 3 rings (SSSR count). The zero-order valence-electron chi connectivity index (χ0n) is 17.0. The average molecular weight is 376 g/mol. The number of ether oxygens (including phenoxy) is 3. The zero-order valence-corrected chi connectivity index (χ0v) is 17.0. The van der Waals surface area contributed by atoms with Gasteiger partial charge >= 0.3 is 0 Å². The highest BCUT2D eigenvalue weighted by molar-refractivity contribution is 5.73. The molecule has 6 nitrogen and oxygen atoms in total. The number of carbonyl (C=O) groups excluding carboxylic acids is 1. The number of likely N-dealkylation sites (tertiary alicyclic amines) is 2. The lowest BCUT2D eigenvalue weighted by molar-refractivity contribution is -0.128. The van der Waals surface area contributed by atoms with Crippen LogP contribution in [0.1, 0.15) is 25.3 Å². The second-order valence-corrected chi connectivity index (χ2v) is 7.91. The molecule has 0 aromatic heterocycles. The Labute approximate surface area is 162 Å². The highest BCUT2D eigenvalue weighted by atomic mass is 16.5. The van der Waals surface area contributed by atoms with Crippen molar-refractivity contribution in [1.29, 1.82) is 0 Å². The van der Waals surface area contributed by atoms with Gasteiger partial charge in [-0.25, -0.2) is 0 Å². The van der Waals surface area contributed by atoms with E-state index in [4.69, 9.17) is 14.2 Å². The monoisotopic (exact) mass is 376 g/mol. The smallest absolute Gasteiger partial charge is 0.219 e. The van der Waals surface area contributed by atoms with Gasteiger partial charge in [-0.05, 0) is 49.0 Å². The molecule has 2 aliphatic rings. The topological polar surface area (TPSA) is 51.2 Å². The molecule has 1 aromatic rings. The van der Waals surface area contributed by atoms with Crippen molar-refractivity contribution < 1.29 is 19.0 Å². The molecule has 1 amide bonds. The minimum absolute atomic E-state index is 0.180. The van der Waals surface area contributed by atoms with Crippen LogP contribution in [0.3, 0.4) is 0 Å². The molecule has 0 saturated carbocycles. The normalized spacial score (nSPS) is 22.2. The van der Waals surface area contributed by atoms with Gasteiger partial charge in [-0.1, -0.05) is 0 Å². The number of amides is 1. The lowest BCUT2D eigenvalue weighted by Gasteiger charge is -2.42. The van der Waals surface area contributed by atoms with Gasteiger partial charge in [-0.2, -0.15) is 0 Å². The average Bonchev–Trinajstić information content (AvgIpc) is 3.02. The number of methoxy groups -OCH3 is 3. The number of hydrogen-bond donors (Lipinski definition) is 0. The van der Waals surface area contributed by atoms with E-state index in [1.54, 1.807) is 28.3 Å². The van der Waals surface area contributed by atoms with Crippen LogP contribution < -0.4 is 9.47 Å². The van der Waals surface area contributed by atoms with Crippen LogP contribution in [0.4, 0.5) is 0 Å². The molecule has 27 heavy (non-hydrogen) atoms. The van der Waals surface area contributed by atoms with E-state index in [1.165, 1.54) is 5.56 Å². The van der Waals surface area contributed by atoms with E-state index in [9.17, 15) is 4.79 Å². The first kappa shape index (κ1) is 20.0. The first-order valence-electron chi connectivity index (χ1n) is 9.68. The second-order valence-electron chi connectivity index (χ2n) is 7.91. The van der Waals surface area contributed by atoms with Gasteiger partial charge in [0.25, 0.3) is 0 Å². The summed E-state index contributed by atoms with van der Waals surface area (Å²) in [6, 6.07) is 6.06. The fourth-order valence-corrected chi connectivity index (χ4v) is 4.64. The van der Waals surface area contributed by atoms with Crippen LogP contribution in [0.15, 0.2) is 18.2 Å². The molecule has 1 atom stereocenters. The minimum Gasteiger partial charge on any atom is -0.497 e. The molecule has 0 N–H and O–H groups in total. The molecule has 0 aliphatic carbocycles. The van der Waals surface area contributed by atoms with Crippen LogP contribution in [0.2, 0.25) is 0 Å². The second kappa shape index (κ2) is 8.48. The lowest BCUT2D eigenvalue weighted by Crippen LogP contribution is -2.45. The Hall–Kier alpha value is -1.79. The van der Waals surface area contributed by atoms with Gasteiger partial charge in [0, 0.05) is 45.7 Å². The summed E-state index contributed by atoms with van der Waals surface area (Å²) in [5, 5.41) is 0. The predicted octanol–water partition coefficient (Wildman–Crippen LogP) is 2.41. The summed E-state index contributed by atoms with van der Waals surface area (Å²) >= 11 is 0. The summed E-state index contributed by atoms with van der Waals surface area (Å²) < 4.78 is 16.3. The molecule has 2 aliphatic heterocycles. The van der Waals surface area contributed by atoms with Crippen molar-refractivity contribution in [1.82, 2.24) is 9.80 Å². The quantitative estimate of drug-likeness (QED) is 0.763. The van der Waals surface area contributed by atoms with Crippen LogP contribution in [0, 0.1) is 11.3 Å². The van der Waals surface area contributed by atoms with Gasteiger partial charge < -0.3 is 19.1 Å². The van der Waals surface area contributed by atoms with Crippen LogP contribution in [0.25, 0.3) is 0 Å². The number of hydrogen-bond acceptors (Lipinski definition) is 5. The molecule has 1 spiro atoms. The van der Waals surface area contributed by atoms with E-state index in [1.807, 2.05) is 11.0 Å². The number of rotatable bonds is 6. The van der Waals surface area contributed by atoms with Gasteiger partial charge in [0.05, 0.1) is 20.8 Å². The third-order valence-corrected chi connectivity index (χ3v) is 6.29. The van der Waals surface area contributed by atoms with E-state index in [0.717, 1.165) is 63.7 Å². The first-order valence-corrected chi connectivity index (χ1v) is 9.68. The highest BCUT2D eigenvalue weighted by Crippen LogP contribution is 2.45. The molecule has 1 aromatic carbocycles. The molecule has 6 heteroatoms. The van der Waals surface area contributed by atoms with Gasteiger partial charge in [0.1, 0.15) is 11.5 Å². The van der Waals surface area contributed by atoms with E-state index in [0.29, 0.717) is 5.92 Å². The summed E-state index contributed by atoms with van der Waals surface area (Å²) in [6.45, 7) is 7.06. The Morgan fingerprint density at radius 2 is 1.74 bits per heavy atom. The maximum absolute atomic E-state index is 11.9. The fraction of sp³-hybridized carbons (Fsp3) is 0.667. The Morgan fingerprint density at radius 3 is 2.26 bits per heavy atom. The van der Waals surface area contributed by atoms with Crippen LogP contribution >= 0.6 is 0 Å². The molecular weight excluding hydrogens is 344 g/mol. The Balaban J connectivity index is 1.65. The Bertz CT molecular complexity index is 633. The van der Waals surface area contributed by atoms with E-state index in [-0.39, 0.29) is 11.3 Å². The van der Waals surface area contributed by atoms with Crippen molar-refractivity contribution >= 4 is 5.91 Å². The molecule has 2 fully saturated rings. The van der Waals surface area contributed by atoms with Crippen molar-refractivity contribution in [2.75, 3.05) is 54.1 Å². The molecule has 150 valence electrons. The van der Waals surface area contributed by atoms with E-state index in [2.05, 4.69) is 17.0 Å². The van der Waals surface area contributed by atoms with Crippen molar-refractivity contribution in [3.8, 4) is 11.5 Å². The van der Waals surface area contributed by atoms with Crippen LogP contribution in [-0.2, 0) is 16.1 Å². The van der Waals surface area contributed by atoms with E-state index >= 15 is 0 Å². The van der Waals surface area contributed by atoms with Gasteiger partial charge in [-0.15, -0.1) is 0 Å². The standard InChI is InChI=1S/C21H32N2O4/c1-16(24)23-13-18(14-25-2)21(15-23)5-7-22(8-6-21)12-17-9-19(26-3)11-20(10-17)27-4/h9-11,18H,5-8,12-15H2,1-4H3. The van der Waals surface area contributed by atoms with Crippen molar-refractivity contribution in [3.63, 3.8) is 0 Å². The highest BCUT2D eigenvalue weighted by Gasteiger charge is 2.48. The lowest BCUT2D eigenvalue weighted by atomic mass is 9.71. The van der Waals surface area contributed by atoms with Crippen molar-refractivity contribution in [3.05, 3.63) is 23.8 Å². The minimum atomic E-state index is 0.180. The largest absolute Gasteiger partial charge is 0.497 e. The molecule has 0 bridgehead atoms. The predicted molar refractivity (Wildman–Crippen MR) is 104 cm³/mol. The van der Waals surface area contributed by atoms with Crippen molar-refractivity contribution in [2.24, 2.45) is 11.3 Å². The van der Waals surface area contributed by atoms with E-state index < -0.39 is 0 Å². The van der Waals surface area contributed by atoms with Crippen molar-refractivity contribution in [2.45, 2.75) is 26.3 Å². The van der Waals surface area contributed by atoms with Crippen LogP contribution in [-0.4, -0.2) is 69.8 Å². The Kier molecular flexibility index (Phi) is 6.27. The third-order valence-electron chi connectivity index (χ3n) is 6.29. The number of nitrogens with zero attached hydrogens (tertiary/aromatic N) is 2. The van der Waals surface area contributed by atoms with Crippen LogP contribution in [0.5, 0.6) is 11.5 Å². The summed E-state index contributed by atoms with van der Waals surface area (Å²) in [5.41, 5.74) is 1.40. The molecule has 2 saturated heterocycles. The number of piperidine rings is 1. The van der Waals surface area contributed by atoms with Gasteiger partial charge in [0.15, 0.2) is 0 Å². The summed E-state index contributed by atoms with van der Waals surface area (Å²) in [4.78, 5) is 16.4. The third kappa shape index (κ3) is 4.38. The molecule has 2 heterocycles. The van der Waals surface area contributed by atoms with Gasteiger partial charge in [0.2, 0.25) is 5.91 Å². The molecular formula is C21H32N2O4. The number of carbonyl (C=O) groups is 1. The van der Waals surface area contributed by atoms with Gasteiger partial charge in [-0.3, -0.25) is 9.69 Å². The maximum Gasteiger partial charge on any atom is 0.219 e. The molecule has 1 unspecified atom stereocenters. The summed E-state index contributed by atoms with van der Waals surface area (Å²) in [7, 11) is 5.12. The maximum atomic E-state index is 11.9. The Morgan fingerprint density at radius 1 is 1.11 bits per heavy atom. The fourth-order valence-electron chi connectivity index (χ4n) is 4.64. The number of benzene rings is 1. The summed E-state index contributed by atoms with van der Waals surface area (Å²) in [6.07, 6.45) is 2.21. The zero-order chi connectivity index (χ0) is 19.4. The first-order chi connectivity index (χ1) is 13.0.